The molecule has 0 saturated heterocycles. The van der Waals surface area contributed by atoms with Crippen LogP contribution in [0.4, 0.5) is 0 Å². The van der Waals surface area contributed by atoms with Gasteiger partial charge < -0.3 is 5.32 Å². The molecule has 0 aromatic carbocycles. The lowest BCUT2D eigenvalue weighted by Crippen LogP contribution is -2.25. The van der Waals surface area contributed by atoms with E-state index >= 15 is 0 Å². The van der Waals surface area contributed by atoms with Crippen molar-refractivity contribution in [2.75, 3.05) is 6.54 Å². The largest absolute Gasteiger partial charge is 0.351 e. The minimum atomic E-state index is -0.0993. The molecule has 0 aliphatic rings. The molecule has 2 rings (SSSR count). The van der Waals surface area contributed by atoms with E-state index in [0.29, 0.717) is 12.2 Å². The van der Waals surface area contributed by atoms with Crippen LogP contribution >= 0.6 is 11.3 Å². The second kappa shape index (κ2) is 5.97. The Labute approximate surface area is 116 Å². The lowest BCUT2D eigenvalue weighted by molar-refractivity contribution is 0.0948. The highest BCUT2D eigenvalue weighted by Crippen LogP contribution is 2.07. The summed E-state index contributed by atoms with van der Waals surface area (Å²) in [6.45, 7) is 7.36. The van der Waals surface area contributed by atoms with E-state index in [4.69, 9.17) is 0 Å². The summed E-state index contributed by atoms with van der Waals surface area (Å²) in [6, 6.07) is 2.05. The number of aryl methyl sites for hydroxylation is 4. The van der Waals surface area contributed by atoms with Crippen LogP contribution in [-0.4, -0.2) is 27.2 Å². The Bertz CT molecular complexity index is 573. The quantitative estimate of drug-likeness (QED) is 0.852. The van der Waals surface area contributed by atoms with Crippen molar-refractivity contribution in [2.45, 2.75) is 33.7 Å². The second-order valence-corrected chi connectivity index (χ2v) is 5.57. The van der Waals surface area contributed by atoms with Gasteiger partial charge in [0.25, 0.3) is 5.91 Å². The van der Waals surface area contributed by atoms with Crippen molar-refractivity contribution in [2.24, 2.45) is 0 Å². The zero-order valence-electron chi connectivity index (χ0n) is 11.4. The summed E-state index contributed by atoms with van der Waals surface area (Å²) >= 11 is 1.49. The van der Waals surface area contributed by atoms with Gasteiger partial charge in [-0.2, -0.15) is 5.10 Å². The smallest absolute Gasteiger partial charge is 0.270 e. The Balaban J connectivity index is 1.75. The zero-order valence-corrected chi connectivity index (χ0v) is 12.3. The van der Waals surface area contributed by atoms with Gasteiger partial charge in [0, 0.05) is 24.2 Å². The third-order valence-corrected chi connectivity index (χ3v) is 3.56. The first-order chi connectivity index (χ1) is 9.06. The lowest BCUT2D eigenvalue weighted by atomic mass is 10.3. The molecule has 2 aromatic rings. The first-order valence-electron chi connectivity index (χ1n) is 6.27. The van der Waals surface area contributed by atoms with Gasteiger partial charge in [0.2, 0.25) is 0 Å². The van der Waals surface area contributed by atoms with E-state index in [1.807, 2.05) is 25.5 Å². The van der Waals surface area contributed by atoms with E-state index in [0.717, 1.165) is 29.4 Å². The van der Waals surface area contributed by atoms with E-state index in [9.17, 15) is 4.79 Å². The average molecular weight is 278 g/mol. The number of aromatic nitrogens is 3. The summed E-state index contributed by atoms with van der Waals surface area (Å²) in [5.74, 6) is -0.0993. The number of rotatable bonds is 5. The predicted molar refractivity (Wildman–Crippen MR) is 75.5 cm³/mol. The van der Waals surface area contributed by atoms with E-state index in [-0.39, 0.29) is 5.91 Å². The highest BCUT2D eigenvalue weighted by Gasteiger charge is 2.08. The Morgan fingerprint density at radius 2 is 2.21 bits per heavy atom. The van der Waals surface area contributed by atoms with Gasteiger partial charge in [0.15, 0.2) is 0 Å². The molecule has 0 saturated carbocycles. The van der Waals surface area contributed by atoms with Crippen LogP contribution in [0.15, 0.2) is 11.4 Å². The molecule has 2 aromatic heterocycles. The minimum absolute atomic E-state index is 0.0993. The zero-order chi connectivity index (χ0) is 13.8. The minimum Gasteiger partial charge on any atom is -0.351 e. The molecule has 6 heteroatoms. The molecule has 0 aliphatic carbocycles. The van der Waals surface area contributed by atoms with Crippen molar-refractivity contribution in [1.29, 1.82) is 0 Å². The molecular formula is C13H18N4OS. The molecule has 0 aliphatic heterocycles. The normalized spacial score (nSPS) is 10.7. The molecule has 0 fully saturated rings. The van der Waals surface area contributed by atoms with Crippen molar-refractivity contribution in [3.8, 4) is 0 Å². The molecule has 0 unspecified atom stereocenters. The third-order valence-electron chi connectivity index (χ3n) is 2.79. The lowest BCUT2D eigenvalue weighted by Gasteiger charge is -2.05. The molecule has 0 atom stereocenters. The van der Waals surface area contributed by atoms with Crippen molar-refractivity contribution >= 4 is 17.2 Å². The van der Waals surface area contributed by atoms with Crippen LogP contribution in [0.1, 0.15) is 33.3 Å². The SMILES string of the molecule is Cc1cc(C)n(CCCNC(=O)c2csc(C)n2)n1. The molecule has 0 bridgehead atoms. The first kappa shape index (κ1) is 13.7. The predicted octanol–water partition coefficient (Wildman–Crippen LogP) is 2.08. The van der Waals surface area contributed by atoms with Crippen LogP contribution in [0.2, 0.25) is 0 Å². The van der Waals surface area contributed by atoms with Crippen molar-refractivity contribution in [3.63, 3.8) is 0 Å². The topological polar surface area (TPSA) is 59.8 Å². The summed E-state index contributed by atoms with van der Waals surface area (Å²) < 4.78 is 1.97. The number of carbonyl (C=O) groups excluding carboxylic acids is 1. The van der Waals surface area contributed by atoms with E-state index in [1.165, 1.54) is 11.3 Å². The van der Waals surface area contributed by atoms with Gasteiger partial charge in [0.1, 0.15) is 5.69 Å². The number of nitrogens with zero attached hydrogens (tertiary/aromatic N) is 3. The van der Waals surface area contributed by atoms with Crippen LogP contribution in [0, 0.1) is 20.8 Å². The summed E-state index contributed by atoms with van der Waals surface area (Å²) in [4.78, 5) is 15.9. The maximum Gasteiger partial charge on any atom is 0.270 e. The van der Waals surface area contributed by atoms with E-state index in [2.05, 4.69) is 21.5 Å². The summed E-state index contributed by atoms with van der Waals surface area (Å²) in [6.07, 6.45) is 0.858. The second-order valence-electron chi connectivity index (χ2n) is 4.51. The highest BCUT2D eigenvalue weighted by molar-refractivity contribution is 7.09. The number of carbonyl (C=O) groups is 1. The first-order valence-corrected chi connectivity index (χ1v) is 7.15. The molecule has 2 heterocycles. The average Bonchev–Trinajstić information content (AvgIpc) is 2.91. The molecular weight excluding hydrogens is 260 g/mol. The molecule has 0 radical (unpaired) electrons. The maximum absolute atomic E-state index is 11.8. The van der Waals surface area contributed by atoms with Gasteiger partial charge in [-0.05, 0) is 33.3 Å². The van der Waals surface area contributed by atoms with Gasteiger partial charge in [-0.25, -0.2) is 4.98 Å². The molecule has 5 nitrogen and oxygen atoms in total. The number of amides is 1. The summed E-state index contributed by atoms with van der Waals surface area (Å²) in [5.41, 5.74) is 2.69. The highest BCUT2D eigenvalue weighted by atomic mass is 32.1. The van der Waals surface area contributed by atoms with Gasteiger partial charge in [0.05, 0.1) is 10.7 Å². The Morgan fingerprint density at radius 3 is 2.79 bits per heavy atom. The van der Waals surface area contributed by atoms with Gasteiger partial charge >= 0.3 is 0 Å². The third kappa shape index (κ3) is 3.64. The van der Waals surface area contributed by atoms with E-state index < -0.39 is 0 Å². The van der Waals surface area contributed by atoms with Gasteiger partial charge in [-0.1, -0.05) is 0 Å². The molecule has 0 spiro atoms. The Morgan fingerprint density at radius 1 is 1.42 bits per heavy atom. The van der Waals surface area contributed by atoms with Crippen LogP contribution in [-0.2, 0) is 6.54 Å². The van der Waals surface area contributed by atoms with Crippen molar-refractivity contribution < 1.29 is 4.79 Å². The van der Waals surface area contributed by atoms with Crippen molar-refractivity contribution in [1.82, 2.24) is 20.1 Å². The Kier molecular flexibility index (Phi) is 4.31. The summed E-state index contributed by atoms with van der Waals surface area (Å²) in [7, 11) is 0. The Hall–Kier alpha value is -1.69. The van der Waals surface area contributed by atoms with Crippen LogP contribution in [0.25, 0.3) is 0 Å². The number of hydrogen-bond acceptors (Lipinski definition) is 4. The summed E-state index contributed by atoms with van der Waals surface area (Å²) in [5, 5.41) is 9.95. The molecule has 19 heavy (non-hydrogen) atoms. The fourth-order valence-corrected chi connectivity index (χ4v) is 2.48. The molecule has 1 amide bonds. The fourth-order valence-electron chi connectivity index (χ4n) is 1.89. The van der Waals surface area contributed by atoms with Crippen LogP contribution < -0.4 is 5.32 Å². The van der Waals surface area contributed by atoms with Crippen molar-refractivity contribution in [3.05, 3.63) is 33.5 Å². The van der Waals surface area contributed by atoms with E-state index in [1.54, 1.807) is 5.38 Å². The number of thiazole rings is 1. The standard InChI is InChI=1S/C13H18N4OS/c1-9-7-10(2)17(16-9)6-4-5-14-13(18)12-8-19-11(3)15-12/h7-8H,4-6H2,1-3H3,(H,14,18). The fraction of sp³-hybridized carbons (Fsp3) is 0.462. The maximum atomic E-state index is 11.8. The number of hydrogen-bond donors (Lipinski definition) is 1. The molecule has 102 valence electrons. The number of nitrogens with one attached hydrogen (secondary N) is 1. The van der Waals surface area contributed by atoms with Gasteiger partial charge in [-0.3, -0.25) is 9.48 Å². The van der Waals surface area contributed by atoms with Crippen LogP contribution in [0.5, 0.6) is 0 Å². The van der Waals surface area contributed by atoms with Crippen LogP contribution in [0.3, 0.4) is 0 Å². The monoisotopic (exact) mass is 278 g/mol. The van der Waals surface area contributed by atoms with Gasteiger partial charge in [-0.15, -0.1) is 11.3 Å². The molecule has 1 N–H and O–H groups in total.